The lowest BCUT2D eigenvalue weighted by Crippen LogP contribution is -2.57. The molecule has 0 fully saturated rings. The van der Waals surface area contributed by atoms with E-state index in [-0.39, 0.29) is 50.5 Å². The fourth-order valence-corrected chi connectivity index (χ4v) is 4.45. The molecule has 1 aromatic heterocycles. The SMILES string of the molecule is CC(C)CC(NC(=O)C(CCC(N)=O)NC(=O)C(Cc1c[nH]c2ccccc12)NC(=O)C(N)CCCN=C(N)N)C(=O)O. The van der Waals surface area contributed by atoms with Crippen LogP contribution in [-0.4, -0.2) is 76.4 Å². The van der Waals surface area contributed by atoms with E-state index in [4.69, 9.17) is 22.9 Å². The number of carbonyl (C=O) groups excluding carboxylic acids is 4. The summed E-state index contributed by atoms with van der Waals surface area (Å²) < 4.78 is 0. The molecule has 236 valence electrons. The van der Waals surface area contributed by atoms with Gasteiger partial charge in [-0.2, -0.15) is 0 Å². The number of aliphatic imine (C=N–C) groups is 1. The van der Waals surface area contributed by atoms with Gasteiger partial charge in [0.1, 0.15) is 18.1 Å². The Morgan fingerprint density at radius 1 is 0.907 bits per heavy atom. The van der Waals surface area contributed by atoms with Gasteiger partial charge in [-0.05, 0) is 43.2 Å². The van der Waals surface area contributed by atoms with E-state index in [1.54, 1.807) is 20.0 Å². The number of rotatable bonds is 18. The minimum absolute atomic E-state index is 0.0393. The van der Waals surface area contributed by atoms with Crippen molar-refractivity contribution in [3.63, 3.8) is 0 Å². The number of nitrogens with zero attached hydrogens (tertiary/aromatic N) is 1. The molecule has 2 aromatic rings. The third kappa shape index (κ3) is 11.6. The van der Waals surface area contributed by atoms with Crippen LogP contribution >= 0.6 is 0 Å². The van der Waals surface area contributed by atoms with Crippen LogP contribution in [0.1, 0.15) is 51.5 Å². The van der Waals surface area contributed by atoms with Gasteiger partial charge in [0.15, 0.2) is 5.96 Å². The first-order valence-corrected chi connectivity index (χ1v) is 14.1. The zero-order valence-electron chi connectivity index (χ0n) is 24.5. The molecule has 2 rings (SSSR count). The second-order valence-corrected chi connectivity index (χ2v) is 10.8. The summed E-state index contributed by atoms with van der Waals surface area (Å²) in [6.45, 7) is 3.88. The van der Waals surface area contributed by atoms with Gasteiger partial charge in [0.25, 0.3) is 0 Å². The zero-order chi connectivity index (χ0) is 32.1. The van der Waals surface area contributed by atoms with E-state index in [9.17, 15) is 29.1 Å². The monoisotopic (exact) mass is 601 g/mol. The second kappa shape index (κ2) is 16.7. The topological polar surface area (TPSA) is 274 Å². The van der Waals surface area contributed by atoms with Gasteiger partial charge in [0.05, 0.1) is 6.04 Å². The number of carboxylic acids is 1. The minimum Gasteiger partial charge on any atom is -0.480 e. The number of hydrogen-bond donors (Lipinski definition) is 9. The van der Waals surface area contributed by atoms with Crippen molar-refractivity contribution in [3.05, 3.63) is 36.0 Å². The van der Waals surface area contributed by atoms with E-state index in [1.807, 2.05) is 24.3 Å². The van der Waals surface area contributed by atoms with Gasteiger partial charge in [-0.1, -0.05) is 32.0 Å². The number of nitrogens with one attached hydrogen (secondary N) is 4. The van der Waals surface area contributed by atoms with E-state index < -0.39 is 53.8 Å². The van der Waals surface area contributed by atoms with Crippen molar-refractivity contribution < 1.29 is 29.1 Å². The molecule has 0 bridgehead atoms. The van der Waals surface area contributed by atoms with Crippen LogP contribution in [0.2, 0.25) is 0 Å². The van der Waals surface area contributed by atoms with Gasteiger partial charge in [-0.25, -0.2) is 4.79 Å². The molecule has 0 spiro atoms. The first kappa shape index (κ1) is 34.5. The summed E-state index contributed by atoms with van der Waals surface area (Å²) in [5.74, 6) is -4.20. The molecule has 0 aliphatic rings. The molecule has 0 aliphatic heterocycles. The molecule has 0 saturated carbocycles. The summed E-state index contributed by atoms with van der Waals surface area (Å²) in [6, 6.07) is 2.74. The van der Waals surface area contributed by atoms with Gasteiger partial charge < -0.3 is 49.0 Å². The number of benzene rings is 1. The number of aliphatic carboxylic acids is 1. The number of fused-ring (bicyclic) bond motifs is 1. The maximum absolute atomic E-state index is 13.6. The second-order valence-electron chi connectivity index (χ2n) is 10.8. The molecular weight excluding hydrogens is 558 g/mol. The van der Waals surface area contributed by atoms with Crippen molar-refractivity contribution in [2.45, 2.75) is 76.5 Å². The highest BCUT2D eigenvalue weighted by Gasteiger charge is 2.31. The summed E-state index contributed by atoms with van der Waals surface area (Å²) in [4.78, 5) is 70.0. The Labute approximate surface area is 249 Å². The predicted molar refractivity (Wildman–Crippen MR) is 161 cm³/mol. The van der Waals surface area contributed by atoms with Gasteiger partial charge in [0, 0.05) is 36.5 Å². The van der Waals surface area contributed by atoms with E-state index in [0.29, 0.717) is 6.42 Å². The Kier molecular flexibility index (Phi) is 13.4. The summed E-state index contributed by atoms with van der Waals surface area (Å²) in [7, 11) is 0. The number of hydrogen-bond acceptors (Lipinski definition) is 7. The van der Waals surface area contributed by atoms with E-state index in [1.165, 1.54) is 0 Å². The number of primary amides is 1. The lowest BCUT2D eigenvalue weighted by molar-refractivity contribution is -0.143. The Hall–Kier alpha value is -4.66. The van der Waals surface area contributed by atoms with Crippen molar-refractivity contribution in [3.8, 4) is 0 Å². The van der Waals surface area contributed by atoms with Crippen LogP contribution in [0.3, 0.4) is 0 Å². The van der Waals surface area contributed by atoms with E-state index in [0.717, 1.165) is 16.5 Å². The third-order valence-corrected chi connectivity index (χ3v) is 6.67. The number of para-hydroxylation sites is 1. The molecule has 0 radical (unpaired) electrons. The van der Waals surface area contributed by atoms with Crippen molar-refractivity contribution in [2.75, 3.05) is 6.54 Å². The molecule has 1 heterocycles. The van der Waals surface area contributed by atoms with Gasteiger partial charge >= 0.3 is 5.97 Å². The van der Waals surface area contributed by atoms with Gasteiger partial charge in [-0.15, -0.1) is 0 Å². The molecule has 0 saturated heterocycles. The number of nitrogens with two attached hydrogens (primary N) is 4. The number of guanidine groups is 1. The van der Waals surface area contributed by atoms with E-state index >= 15 is 0 Å². The van der Waals surface area contributed by atoms with E-state index in [2.05, 4.69) is 25.9 Å². The zero-order valence-corrected chi connectivity index (χ0v) is 24.5. The Morgan fingerprint density at radius 2 is 1.53 bits per heavy atom. The number of H-pyrrole nitrogens is 1. The normalized spacial score (nSPS) is 13.9. The van der Waals surface area contributed by atoms with Gasteiger partial charge in [-0.3, -0.25) is 24.2 Å². The molecular formula is C28H43N9O6. The first-order chi connectivity index (χ1) is 20.3. The average Bonchev–Trinajstić information content (AvgIpc) is 3.34. The van der Waals surface area contributed by atoms with Gasteiger partial charge in [0.2, 0.25) is 23.6 Å². The maximum atomic E-state index is 13.6. The highest BCUT2D eigenvalue weighted by molar-refractivity contribution is 5.95. The molecule has 4 atom stereocenters. The molecule has 15 nitrogen and oxygen atoms in total. The van der Waals surface area contributed by atoms with Crippen LogP contribution in [0.25, 0.3) is 10.9 Å². The van der Waals surface area contributed by atoms with Crippen LogP contribution < -0.4 is 38.9 Å². The Bertz CT molecular complexity index is 1300. The summed E-state index contributed by atoms with van der Waals surface area (Å²) in [6.07, 6.45) is 2.13. The summed E-state index contributed by atoms with van der Waals surface area (Å²) in [5.41, 5.74) is 23.5. The van der Waals surface area contributed by atoms with Crippen LogP contribution in [0.5, 0.6) is 0 Å². The molecule has 4 amide bonds. The van der Waals surface area contributed by atoms with Crippen LogP contribution in [-0.2, 0) is 30.4 Å². The molecule has 15 heteroatoms. The van der Waals surface area contributed by atoms with Crippen LogP contribution in [0, 0.1) is 5.92 Å². The standard InChI is InChI=1S/C28H43N9O6/c1-15(2)12-22(27(42)43)37-25(40)20(9-10-23(30)38)35-26(41)21(13-16-14-34-19-8-4-3-6-17(16)19)36-24(39)18(29)7-5-11-33-28(31)32/h3-4,6,8,14-15,18,20-22,34H,5,7,9-13,29H2,1-2H3,(H2,30,38)(H,35,41)(H,36,39)(H,37,40)(H,42,43)(H4,31,32,33). The van der Waals surface area contributed by atoms with Crippen molar-refractivity contribution >= 4 is 46.5 Å². The number of carboxylic acid groups (broad SMARTS) is 1. The van der Waals surface area contributed by atoms with Crippen molar-refractivity contribution in [1.82, 2.24) is 20.9 Å². The summed E-state index contributed by atoms with van der Waals surface area (Å²) >= 11 is 0. The molecule has 43 heavy (non-hydrogen) atoms. The highest BCUT2D eigenvalue weighted by atomic mass is 16.4. The lowest BCUT2D eigenvalue weighted by atomic mass is 10.0. The van der Waals surface area contributed by atoms with Crippen molar-refractivity contribution in [1.29, 1.82) is 0 Å². The van der Waals surface area contributed by atoms with Crippen LogP contribution in [0.4, 0.5) is 0 Å². The van der Waals surface area contributed by atoms with Crippen molar-refractivity contribution in [2.24, 2.45) is 33.8 Å². The largest absolute Gasteiger partial charge is 0.480 e. The molecule has 0 aliphatic carbocycles. The molecule has 4 unspecified atom stereocenters. The third-order valence-electron chi connectivity index (χ3n) is 6.67. The Morgan fingerprint density at radius 3 is 2.16 bits per heavy atom. The quantitative estimate of drug-likeness (QED) is 0.0571. The predicted octanol–water partition coefficient (Wildman–Crippen LogP) is -1.06. The fourth-order valence-electron chi connectivity index (χ4n) is 4.45. The smallest absolute Gasteiger partial charge is 0.326 e. The van der Waals surface area contributed by atoms with Crippen LogP contribution in [0.15, 0.2) is 35.5 Å². The molecule has 1 aromatic carbocycles. The molecule has 13 N–H and O–H groups in total. The Balaban J connectivity index is 2.28. The highest BCUT2D eigenvalue weighted by Crippen LogP contribution is 2.19. The number of aromatic nitrogens is 1. The maximum Gasteiger partial charge on any atom is 0.326 e. The number of amides is 4. The number of carbonyl (C=O) groups is 5. The summed E-state index contributed by atoms with van der Waals surface area (Å²) in [5, 5.41) is 18.1. The lowest BCUT2D eigenvalue weighted by Gasteiger charge is -2.25. The fraction of sp³-hybridized carbons (Fsp3) is 0.500. The first-order valence-electron chi connectivity index (χ1n) is 14.1. The number of aromatic amines is 1. The minimum atomic E-state index is -1.30. The average molecular weight is 602 g/mol.